The SMILES string of the molecule is CNCNCC(CSc1cc(O)n(C)c1O)NC(C)=O. The van der Waals surface area contributed by atoms with Crippen molar-refractivity contribution in [3.05, 3.63) is 6.07 Å². The lowest BCUT2D eigenvalue weighted by atomic mass is 10.3. The predicted octanol–water partition coefficient (Wildman–Crippen LogP) is -0.200. The second-order valence-electron chi connectivity index (χ2n) is 4.44. The maximum atomic E-state index is 11.2. The lowest BCUT2D eigenvalue weighted by Gasteiger charge is -2.18. The van der Waals surface area contributed by atoms with Crippen LogP contribution in [-0.4, -0.2) is 52.7 Å². The molecule has 0 bridgehead atoms. The van der Waals surface area contributed by atoms with Crippen LogP contribution >= 0.6 is 11.8 Å². The summed E-state index contributed by atoms with van der Waals surface area (Å²) in [7, 11) is 3.41. The van der Waals surface area contributed by atoms with Gasteiger partial charge in [-0.3, -0.25) is 9.36 Å². The Hall–Kier alpha value is -1.38. The summed E-state index contributed by atoms with van der Waals surface area (Å²) in [5.74, 6) is 0.529. The molecule has 7 nitrogen and oxygen atoms in total. The molecule has 0 radical (unpaired) electrons. The number of nitrogens with zero attached hydrogens (tertiary/aromatic N) is 1. The molecule has 5 N–H and O–H groups in total. The van der Waals surface area contributed by atoms with Gasteiger partial charge in [0.25, 0.3) is 0 Å². The van der Waals surface area contributed by atoms with E-state index >= 15 is 0 Å². The Kier molecular flexibility index (Phi) is 6.69. The van der Waals surface area contributed by atoms with Crippen LogP contribution in [0.5, 0.6) is 11.8 Å². The molecule has 114 valence electrons. The average molecular weight is 302 g/mol. The number of hydrogen-bond donors (Lipinski definition) is 5. The lowest BCUT2D eigenvalue weighted by Crippen LogP contribution is -2.44. The molecule has 1 amide bonds. The van der Waals surface area contributed by atoms with E-state index in [0.717, 1.165) is 0 Å². The molecule has 1 aromatic heterocycles. The highest BCUT2D eigenvalue weighted by Crippen LogP contribution is 2.34. The van der Waals surface area contributed by atoms with Gasteiger partial charge in [0.1, 0.15) is 0 Å². The summed E-state index contributed by atoms with van der Waals surface area (Å²) in [6.07, 6.45) is 0. The van der Waals surface area contributed by atoms with Gasteiger partial charge in [0.2, 0.25) is 11.8 Å². The van der Waals surface area contributed by atoms with E-state index in [4.69, 9.17) is 0 Å². The molecule has 0 spiro atoms. The van der Waals surface area contributed by atoms with Crippen molar-refractivity contribution >= 4 is 17.7 Å². The molecule has 8 heteroatoms. The van der Waals surface area contributed by atoms with Gasteiger partial charge in [0.15, 0.2) is 5.88 Å². The molecule has 1 heterocycles. The van der Waals surface area contributed by atoms with Crippen LogP contribution in [0.2, 0.25) is 0 Å². The summed E-state index contributed by atoms with van der Waals surface area (Å²) < 4.78 is 1.30. The Bertz CT molecular complexity index is 450. The number of thioether (sulfide) groups is 1. The second kappa shape index (κ2) is 8.03. The summed E-state index contributed by atoms with van der Waals surface area (Å²) in [4.78, 5) is 11.8. The van der Waals surface area contributed by atoms with E-state index in [1.54, 1.807) is 7.05 Å². The molecule has 1 atom stereocenters. The van der Waals surface area contributed by atoms with E-state index in [2.05, 4.69) is 16.0 Å². The maximum Gasteiger partial charge on any atom is 0.217 e. The highest BCUT2D eigenvalue weighted by atomic mass is 32.2. The summed E-state index contributed by atoms with van der Waals surface area (Å²) in [5.41, 5.74) is 0. The summed E-state index contributed by atoms with van der Waals surface area (Å²) in [6, 6.07) is 1.44. The Morgan fingerprint density at radius 3 is 2.70 bits per heavy atom. The molecule has 1 rings (SSSR count). The van der Waals surface area contributed by atoms with Crippen LogP contribution < -0.4 is 16.0 Å². The Morgan fingerprint density at radius 2 is 2.20 bits per heavy atom. The van der Waals surface area contributed by atoms with Gasteiger partial charge in [-0.15, -0.1) is 11.8 Å². The minimum absolute atomic E-state index is 0.00869. The normalized spacial score (nSPS) is 12.3. The number of carbonyl (C=O) groups excluding carboxylic acids is 1. The second-order valence-corrected chi connectivity index (χ2v) is 5.50. The Morgan fingerprint density at radius 1 is 1.50 bits per heavy atom. The number of amides is 1. The standard InChI is InChI=1S/C12H22N4O3S/c1-8(17)15-9(5-14-7-13-2)6-20-10-4-11(18)16(3)12(10)19/h4,9,13-14,18-19H,5-7H2,1-3H3,(H,15,17). The largest absolute Gasteiger partial charge is 0.494 e. The molecule has 0 aliphatic heterocycles. The molecule has 0 aliphatic rings. The average Bonchev–Trinajstić information content (AvgIpc) is 2.63. The third-order valence-corrected chi connectivity index (χ3v) is 3.86. The van der Waals surface area contributed by atoms with Crippen molar-refractivity contribution in [3.63, 3.8) is 0 Å². The fourth-order valence-electron chi connectivity index (χ4n) is 1.66. The number of hydrogen-bond acceptors (Lipinski definition) is 6. The number of aromatic nitrogens is 1. The molecule has 1 unspecified atom stereocenters. The number of rotatable bonds is 8. The van der Waals surface area contributed by atoms with E-state index in [0.29, 0.717) is 23.9 Å². The molecule has 20 heavy (non-hydrogen) atoms. The van der Waals surface area contributed by atoms with E-state index in [9.17, 15) is 15.0 Å². The fraction of sp³-hybridized carbons (Fsp3) is 0.583. The van der Waals surface area contributed by atoms with Gasteiger partial charge < -0.3 is 26.2 Å². The van der Waals surface area contributed by atoms with Crippen molar-refractivity contribution in [2.24, 2.45) is 7.05 Å². The molecular weight excluding hydrogens is 280 g/mol. The van der Waals surface area contributed by atoms with E-state index in [-0.39, 0.29) is 23.7 Å². The van der Waals surface area contributed by atoms with Crippen LogP contribution in [0.4, 0.5) is 0 Å². The van der Waals surface area contributed by atoms with Crippen LogP contribution in [0, 0.1) is 0 Å². The summed E-state index contributed by atoms with van der Waals surface area (Å²) in [5, 5.41) is 28.3. The van der Waals surface area contributed by atoms with E-state index in [1.807, 2.05) is 7.05 Å². The van der Waals surface area contributed by atoms with Gasteiger partial charge in [-0.1, -0.05) is 0 Å². The summed E-state index contributed by atoms with van der Waals surface area (Å²) in [6.45, 7) is 2.74. The monoisotopic (exact) mass is 302 g/mol. The molecule has 0 fully saturated rings. The molecule has 0 aromatic carbocycles. The predicted molar refractivity (Wildman–Crippen MR) is 79.0 cm³/mol. The minimum Gasteiger partial charge on any atom is -0.494 e. The third kappa shape index (κ3) is 4.95. The molecule has 0 aliphatic carbocycles. The molecular formula is C12H22N4O3S. The highest BCUT2D eigenvalue weighted by Gasteiger charge is 2.15. The number of aromatic hydroxyl groups is 2. The number of carbonyl (C=O) groups is 1. The van der Waals surface area contributed by atoms with Gasteiger partial charge in [0.05, 0.1) is 10.9 Å². The first-order chi connectivity index (χ1) is 9.45. The Balaban J connectivity index is 2.55. The van der Waals surface area contributed by atoms with Crippen LogP contribution in [0.3, 0.4) is 0 Å². The first-order valence-electron chi connectivity index (χ1n) is 6.28. The first kappa shape index (κ1) is 16.7. The Labute approximate surface area is 122 Å². The van der Waals surface area contributed by atoms with Crippen molar-refractivity contribution < 1.29 is 15.0 Å². The highest BCUT2D eigenvalue weighted by molar-refractivity contribution is 7.99. The van der Waals surface area contributed by atoms with Crippen LogP contribution in [0.15, 0.2) is 11.0 Å². The maximum absolute atomic E-state index is 11.2. The molecule has 1 aromatic rings. The zero-order chi connectivity index (χ0) is 15.1. The van der Waals surface area contributed by atoms with Crippen LogP contribution in [0.1, 0.15) is 6.92 Å². The van der Waals surface area contributed by atoms with Crippen molar-refractivity contribution in [1.82, 2.24) is 20.5 Å². The zero-order valence-corrected chi connectivity index (χ0v) is 12.8. The van der Waals surface area contributed by atoms with Crippen LogP contribution in [-0.2, 0) is 11.8 Å². The smallest absolute Gasteiger partial charge is 0.217 e. The minimum atomic E-state index is -0.0954. The van der Waals surface area contributed by atoms with Crippen molar-refractivity contribution in [3.8, 4) is 11.8 Å². The lowest BCUT2D eigenvalue weighted by molar-refractivity contribution is -0.119. The van der Waals surface area contributed by atoms with Crippen molar-refractivity contribution in [2.75, 3.05) is 26.0 Å². The van der Waals surface area contributed by atoms with Gasteiger partial charge in [-0.05, 0) is 7.05 Å². The van der Waals surface area contributed by atoms with Gasteiger partial charge in [-0.25, -0.2) is 0 Å². The zero-order valence-electron chi connectivity index (χ0n) is 11.9. The first-order valence-corrected chi connectivity index (χ1v) is 7.27. The fourth-order valence-corrected chi connectivity index (χ4v) is 2.70. The summed E-state index contributed by atoms with van der Waals surface area (Å²) >= 11 is 1.38. The van der Waals surface area contributed by atoms with Gasteiger partial charge in [-0.2, -0.15) is 0 Å². The van der Waals surface area contributed by atoms with Gasteiger partial charge in [0, 0.05) is 39.0 Å². The van der Waals surface area contributed by atoms with Crippen molar-refractivity contribution in [2.45, 2.75) is 17.9 Å². The number of nitrogens with one attached hydrogen (secondary N) is 3. The van der Waals surface area contributed by atoms with Crippen LogP contribution in [0.25, 0.3) is 0 Å². The quantitative estimate of drug-likeness (QED) is 0.259. The van der Waals surface area contributed by atoms with Crippen molar-refractivity contribution in [1.29, 1.82) is 0 Å². The topological polar surface area (TPSA) is 98.6 Å². The van der Waals surface area contributed by atoms with E-state index in [1.165, 1.54) is 29.3 Å². The third-order valence-electron chi connectivity index (χ3n) is 2.68. The van der Waals surface area contributed by atoms with E-state index < -0.39 is 0 Å². The molecule has 0 saturated carbocycles. The van der Waals surface area contributed by atoms with Gasteiger partial charge >= 0.3 is 0 Å². The molecule has 0 saturated heterocycles.